The standard InChI is InChI=1S/C19H16ClN3O2S.C10H10O3.C9H8ClN3S.2CH4/c1-2-25-18(24)14-8-4-3-7-13(14)11-21-23-19-22-17(12-26-19)15-9-5-6-10-16(15)20;1-2-13-10(12)9-6-4-3-5-8(9)7-11;10-7-4-2-1-3-6(7)8-5-14-9(12-8)13-11;;/h3-12H,2H2,1H3,(H,22,23);3-7H,2H2,1H3;1-5H,11H2,(H,12,13);2*1H4/b21-11+;;;;. The van der Waals surface area contributed by atoms with Crippen molar-refractivity contribution in [1.82, 2.24) is 9.97 Å². The molecule has 0 unspecified atom stereocenters. The summed E-state index contributed by atoms with van der Waals surface area (Å²) < 4.78 is 9.83. The van der Waals surface area contributed by atoms with Gasteiger partial charge >= 0.3 is 11.9 Å². The average molecular weight is 822 g/mol. The molecular weight excluding hydrogens is 780 g/mol. The van der Waals surface area contributed by atoms with Gasteiger partial charge in [0.1, 0.15) is 0 Å². The van der Waals surface area contributed by atoms with Gasteiger partial charge in [0, 0.05) is 43.1 Å². The molecule has 0 fully saturated rings. The second-order valence-electron chi connectivity index (χ2n) is 10.3. The molecule has 0 aliphatic carbocycles. The lowest BCUT2D eigenvalue weighted by Crippen LogP contribution is -2.08. The van der Waals surface area contributed by atoms with Crippen LogP contribution in [0.15, 0.2) is 113 Å². The number of thiazole rings is 2. The zero-order valence-electron chi connectivity index (χ0n) is 28.5. The number of esters is 2. The smallest absolute Gasteiger partial charge is 0.338 e. The summed E-state index contributed by atoms with van der Waals surface area (Å²) in [5.74, 6) is 4.42. The monoisotopic (exact) mass is 820 g/mol. The van der Waals surface area contributed by atoms with Crippen LogP contribution in [0.4, 0.5) is 10.3 Å². The van der Waals surface area contributed by atoms with Crippen molar-refractivity contribution in [2.24, 2.45) is 10.9 Å². The normalized spacial score (nSPS) is 9.91. The molecular formula is C40H42Cl2N6O5S2. The summed E-state index contributed by atoms with van der Waals surface area (Å²) in [6.45, 7) is 4.13. The van der Waals surface area contributed by atoms with Gasteiger partial charge in [-0.1, -0.05) is 111 Å². The lowest BCUT2D eigenvalue weighted by molar-refractivity contribution is 0.0516. The molecule has 4 N–H and O–H groups in total. The fourth-order valence-electron chi connectivity index (χ4n) is 4.41. The van der Waals surface area contributed by atoms with Crippen LogP contribution in [0.3, 0.4) is 0 Å². The van der Waals surface area contributed by atoms with Gasteiger partial charge in [-0.15, -0.1) is 22.7 Å². The van der Waals surface area contributed by atoms with E-state index in [1.54, 1.807) is 62.5 Å². The van der Waals surface area contributed by atoms with Crippen LogP contribution in [0.25, 0.3) is 22.5 Å². The number of hydrazine groups is 1. The van der Waals surface area contributed by atoms with E-state index in [4.69, 9.17) is 38.5 Å². The van der Waals surface area contributed by atoms with Crippen molar-refractivity contribution in [3.05, 3.63) is 140 Å². The zero-order valence-corrected chi connectivity index (χ0v) is 31.6. The Morgan fingerprint density at radius 1 is 0.709 bits per heavy atom. The molecule has 0 spiro atoms. The van der Waals surface area contributed by atoms with Gasteiger partial charge in [-0.25, -0.2) is 25.4 Å². The lowest BCUT2D eigenvalue weighted by Gasteiger charge is -2.04. The molecule has 0 aliphatic rings. The number of halogens is 2. The number of carbonyl (C=O) groups excluding carboxylic acids is 3. The molecule has 0 atom stereocenters. The second-order valence-corrected chi connectivity index (χ2v) is 12.8. The summed E-state index contributed by atoms with van der Waals surface area (Å²) in [4.78, 5) is 42.5. The highest BCUT2D eigenvalue weighted by Crippen LogP contribution is 2.31. The Labute approximate surface area is 339 Å². The zero-order chi connectivity index (χ0) is 38.0. The van der Waals surface area contributed by atoms with Gasteiger partial charge < -0.3 is 9.47 Å². The molecule has 6 aromatic rings. The third kappa shape index (κ3) is 13.4. The van der Waals surface area contributed by atoms with Gasteiger partial charge in [0.15, 0.2) is 11.4 Å². The summed E-state index contributed by atoms with van der Waals surface area (Å²) in [5, 5.41) is 10.7. The number of ether oxygens (including phenoxy) is 2. The highest BCUT2D eigenvalue weighted by molar-refractivity contribution is 7.14. The Morgan fingerprint density at radius 2 is 1.15 bits per heavy atom. The number of aldehydes is 1. The molecule has 288 valence electrons. The SMILES string of the molecule is C.C.CCOC(=O)c1ccccc1/C=N/Nc1nc(-c2ccccc2Cl)cs1.CCOC(=O)c1ccccc1C=O.NNc1nc(-c2ccccc2Cl)cs1. The van der Waals surface area contributed by atoms with E-state index in [2.05, 4.69) is 25.9 Å². The summed E-state index contributed by atoms with van der Waals surface area (Å²) in [6, 6.07) is 28.8. The van der Waals surface area contributed by atoms with Crippen molar-refractivity contribution >= 4 is 80.6 Å². The number of hydrazone groups is 1. The number of nitrogens with zero attached hydrogens (tertiary/aromatic N) is 3. The largest absolute Gasteiger partial charge is 0.462 e. The molecule has 0 radical (unpaired) electrons. The molecule has 0 amide bonds. The summed E-state index contributed by atoms with van der Waals surface area (Å²) in [7, 11) is 0. The summed E-state index contributed by atoms with van der Waals surface area (Å²) in [6.07, 6.45) is 2.22. The van der Waals surface area contributed by atoms with Gasteiger partial charge in [-0.3, -0.25) is 15.6 Å². The second kappa shape index (κ2) is 24.1. The van der Waals surface area contributed by atoms with Crippen molar-refractivity contribution in [3.8, 4) is 22.5 Å². The van der Waals surface area contributed by atoms with E-state index in [1.807, 2.05) is 65.4 Å². The number of hydrogen-bond acceptors (Lipinski definition) is 13. The van der Waals surface area contributed by atoms with E-state index in [-0.39, 0.29) is 20.8 Å². The Bertz CT molecular complexity index is 2160. The molecule has 0 aliphatic heterocycles. The number of aromatic nitrogens is 2. The Morgan fingerprint density at radius 3 is 1.62 bits per heavy atom. The molecule has 55 heavy (non-hydrogen) atoms. The first kappa shape index (κ1) is 45.7. The van der Waals surface area contributed by atoms with E-state index in [0.29, 0.717) is 62.1 Å². The number of nitrogens with two attached hydrogens (primary N) is 1. The Hall–Kier alpha value is -5.44. The fourth-order valence-corrected chi connectivity index (χ4v) is 6.15. The van der Waals surface area contributed by atoms with Crippen LogP contribution in [-0.4, -0.2) is 47.6 Å². The van der Waals surface area contributed by atoms with Gasteiger partial charge in [0.05, 0.1) is 41.9 Å². The van der Waals surface area contributed by atoms with Gasteiger partial charge in [0.25, 0.3) is 0 Å². The first-order valence-corrected chi connectivity index (χ1v) is 18.4. The van der Waals surface area contributed by atoms with Gasteiger partial charge in [-0.2, -0.15) is 5.10 Å². The molecule has 0 saturated carbocycles. The molecule has 0 bridgehead atoms. The third-order valence-corrected chi connectivity index (χ3v) is 9.01. The maximum Gasteiger partial charge on any atom is 0.338 e. The maximum atomic E-state index is 12.0. The minimum Gasteiger partial charge on any atom is -0.462 e. The summed E-state index contributed by atoms with van der Waals surface area (Å²) in [5.41, 5.74) is 10.6. The van der Waals surface area contributed by atoms with E-state index in [9.17, 15) is 14.4 Å². The van der Waals surface area contributed by atoms with Crippen molar-refractivity contribution in [2.75, 3.05) is 24.1 Å². The highest BCUT2D eigenvalue weighted by atomic mass is 35.5. The first-order chi connectivity index (χ1) is 25.8. The van der Waals surface area contributed by atoms with Crippen molar-refractivity contribution in [2.45, 2.75) is 28.7 Å². The minimum absolute atomic E-state index is 0. The molecule has 2 aromatic heterocycles. The van der Waals surface area contributed by atoms with Crippen LogP contribution in [0.1, 0.15) is 65.3 Å². The third-order valence-electron chi connectivity index (χ3n) is 6.83. The van der Waals surface area contributed by atoms with Crippen LogP contribution in [0.2, 0.25) is 10.0 Å². The lowest BCUT2D eigenvalue weighted by atomic mass is 10.1. The van der Waals surface area contributed by atoms with Crippen molar-refractivity contribution in [1.29, 1.82) is 0 Å². The number of nitrogens with one attached hydrogen (secondary N) is 2. The predicted molar refractivity (Wildman–Crippen MR) is 228 cm³/mol. The van der Waals surface area contributed by atoms with E-state index in [1.165, 1.54) is 22.7 Å². The molecule has 4 aromatic carbocycles. The van der Waals surface area contributed by atoms with Crippen LogP contribution >= 0.6 is 45.9 Å². The molecule has 15 heteroatoms. The van der Waals surface area contributed by atoms with Crippen LogP contribution in [0.5, 0.6) is 0 Å². The maximum absolute atomic E-state index is 12.0. The topological polar surface area (TPSA) is 158 Å². The van der Waals surface area contributed by atoms with Crippen LogP contribution < -0.4 is 16.7 Å². The number of carbonyl (C=O) groups is 3. The number of anilines is 2. The molecule has 11 nitrogen and oxygen atoms in total. The number of nitrogen functional groups attached to an aromatic ring is 1. The van der Waals surface area contributed by atoms with Gasteiger partial charge in [-0.05, 0) is 38.1 Å². The van der Waals surface area contributed by atoms with Crippen LogP contribution in [0, 0.1) is 0 Å². The Kier molecular flexibility index (Phi) is 20.0. The predicted octanol–water partition coefficient (Wildman–Crippen LogP) is 10.8. The molecule has 6 rings (SSSR count). The number of benzene rings is 4. The van der Waals surface area contributed by atoms with E-state index >= 15 is 0 Å². The molecule has 0 saturated heterocycles. The number of hydrogen-bond donors (Lipinski definition) is 3. The van der Waals surface area contributed by atoms with E-state index in [0.717, 1.165) is 22.5 Å². The minimum atomic E-state index is -0.454. The first-order valence-electron chi connectivity index (χ1n) is 15.9. The Balaban J connectivity index is 0.000000306. The van der Waals surface area contributed by atoms with Crippen LogP contribution in [-0.2, 0) is 9.47 Å². The average Bonchev–Trinajstić information content (AvgIpc) is 3.86. The quantitative estimate of drug-likeness (QED) is 0.0378. The number of rotatable bonds is 11. The van der Waals surface area contributed by atoms with Gasteiger partial charge in [0.2, 0.25) is 5.13 Å². The van der Waals surface area contributed by atoms with Crippen molar-refractivity contribution in [3.63, 3.8) is 0 Å². The molecule has 2 heterocycles. The van der Waals surface area contributed by atoms with Crippen molar-refractivity contribution < 1.29 is 23.9 Å². The highest BCUT2D eigenvalue weighted by Gasteiger charge is 2.12. The van der Waals surface area contributed by atoms with E-state index < -0.39 is 5.97 Å². The summed E-state index contributed by atoms with van der Waals surface area (Å²) >= 11 is 15.1. The fraction of sp³-hybridized carbons (Fsp3) is 0.150.